The van der Waals surface area contributed by atoms with Crippen LogP contribution in [0.2, 0.25) is 0 Å². The summed E-state index contributed by atoms with van der Waals surface area (Å²) < 4.78 is 40.9. The van der Waals surface area contributed by atoms with Crippen molar-refractivity contribution in [2.24, 2.45) is 0 Å². The number of rotatable bonds is 4. The number of Topliss-reactive ketones (excluding diaryl/α,β-unsaturated/α-hetero) is 1. The molecule has 8 heteroatoms. The van der Waals surface area contributed by atoms with Gasteiger partial charge in [0.1, 0.15) is 0 Å². The molecule has 2 heterocycles. The molecule has 156 valence electrons. The molecule has 2 aromatic rings. The van der Waals surface area contributed by atoms with E-state index in [1.54, 1.807) is 35.4 Å². The minimum atomic E-state index is -4.42. The van der Waals surface area contributed by atoms with Gasteiger partial charge in [0.25, 0.3) is 0 Å². The highest BCUT2D eigenvalue weighted by Gasteiger charge is 2.31. The van der Waals surface area contributed by atoms with Crippen LogP contribution in [0, 0.1) is 13.8 Å². The highest BCUT2D eigenvalue weighted by molar-refractivity contribution is 5.99. The first-order valence-electron chi connectivity index (χ1n) is 9.45. The summed E-state index contributed by atoms with van der Waals surface area (Å²) in [5.41, 5.74) is 1.48. The first kappa shape index (κ1) is 21.1. The van der Waals surface area contributed by atoms with Crippen LogP contribution < -0.4 is 0 Å². The topological polar surface area (TPSA) is 45.6 Å². The third-order valence-corrected chi connectivity index (χ3v) is 5.35. The van der Waals surface area contributed by atoms with Gasteiger partial charge >= 0.3 is 6.18 Å². The molecule has 0 unspecified atom stereocenters. The number of aryl methyl sites for hydroxylation is 1. The van der Waals surface area contributed by atoms with Crippen molar-refractivity contribution >= 4 is 11.7 Å². The number of alkyl halides is 3. The molecule has 3 rings (SSSR count). The van der Waals surface area contributed by atoms with Crippen molar-refractivity contribution in [3.05, 3.63) is 52.8 Å². The maximum absolute atomic E-state index is 13.1. The van der Waals surface area contributed by atoms with Crippen LogP contribution in [-0.4, -0.2) is 58.8 Å². The molecular weight excluding hydrogens is 383 g/mol. The number of aromatic nitrogens is 1. The lowest BCUT2D eigenvalue weighted by molar-refractivity contribution is -0.137. The van der Waals surface area contributed by atoms with Crippen molar-refractivity contribution in [1.82, 2.24) is 14.4 Å². The number of carbonyl (C=O) groups is 2. The molecule has 1 aromatic heterocycles. The van der Waals surface area contributed by atoms with E-state index >= 15 is 0 Å². The minimum Gasteiger partial charge on any atom is -0.340 e. The van der Waals surface area contributed by atoms with Gasteiger partial charge in [0, 0.05) is 55.7 Å². The quantitative estimate of drug-likeness (QED) is 0.730. The van der Waals surface area contributed by atoms with Crippen molar-refractivity contribution in [3.63, 3.8) is 0 Å². The molecular formula is C21H24F3N3O2. The largest absolute Gasteiger partial charge is 0.416 e. The Morgan fingerprint density at radius 1 is 1.03 bits per heavy atom. The third kappa shape index (κ3) is 4.53. The van der Waals surface area contributed by atoms with E-state index in [4.69, 9.17) is 0 Å². The molecule has 29 heavy (non-hydrogen) atoms. The molecule has 1 aromatic carbocycles. The van der Waals surface area contributed by atoms with Crippen LogP contribution >= 0.6 is 0 Å². The first-order chi connectivity index (χ1) is 13.6. The zero-order valence-electron chi connectivity index (χ0n) is 16.7. The standard InChI is InChI=1S/C21H24F3N3O2/c1-14-11-19(20(29)13-25-7-9-26(10-8-25)16(3)28)15(2)27(14)18-6-4-5-17(12-18)21(22,23)24/h4-6,11-12H,7-10,13H2,1-3H3. The number of carbonyl (C=O) groups excluding carboxylic acids is 2. The highest BCUT2D eigenvalue weighted by atomic mass is 19.4. The summed E-state index contributed by atoms with van der Waals surface area (Å²) >= 11 is 0. The normalized spacial score (nSPS) is 15.6. The second kappa shape index (κ2) is 8.02. The van der Waals surface area contributed by atoms with Gasteiger partial charge in [-0.15, -0.1) is 0 Å². The van der Waals surface area contributed by atoms with Crippen LogP contribution in [0.3, 0.4) is 0 Å². The monoisotopic (exact) mass is 407 g/mol. The maximum atomic E-state index is 13.1. The maximum Gasteiger partial charge on any atom is 0.416 e. The smallest absolute Gasteiger partial charge is 0.340 e. The molecule has 0 bridgehead atoms. The molecule has 1 aliphatic rings. The number of hydrogen-bond acceptors (Lipinski definition) is 3. The molecule has 0 N–H and O–H groups in total. The number of halogens is 3. The number of hydrogen-bond donors (Lipinski definition) is 0. The summed E-state index contributed by atoms with van der Waals surface area (Å²) in [5, 5.41) is 0. The summed E-state index contributed by atoms with van der Waals surface area (Å²) in [5.74, 6) is -0.0480. The minimum absolute atomic E-state index is 0.0283. The predicted octanol–water partition coefficient (Wildman–Crippen LogP) is 3.46. The summed E-state index contributed by atoms with van der Waals surface area (Å²) in [4.78, 5) is 28.0. The van der Waals surface area contributed by atoms with Crippen molar-refractivity contribution in [3.8, 4) is 5.69 Å². The van der Waals surface area contributed by atoms with E-state index < -0.39 is 11.7 Å². The van der Waals surface area contributed by atoms with E-state index in [1.165, 1.54) is 13.0 Å². The molecule has 0 saturated carbocycles. The van der Waals surface area contributed by atoms with Crippen molar-refractivity contribution in [1.29, 1.82) is 0 Å². The van der Waals surface area contributed by atoms with E-state index in [-0.39, 0.29) is 18.2 Å². The number of piperazine rings is 1. The Kier molecular flexibility index (Phi) is 5.84. The van der Waals surface area contributed by atoms with Crippen LogP contribution in [-0.2, 0) is 11.0 Å². The fourth-order valence-corrected chi connectivity index (χ4v) is 3.77. The third-order valence-electron chi connectivity index (χ3n) is 5.35. The second-order valence-electron chi connectivity index (χ2n) is 7.37. The summed E-state index contributed by atoms with van der Waals surface area (Å²) in [6.07, 6.45) is -4.42. The van der Waals surface area contributed by atoms with Gasteiger partial charge in [-0.3, -0.25) is 14.5 Å². The number of ketones is 1. The Bertz CT molecular complexity index is 926. The molecule has 1 fully saturated rings. The van der Waals surface area contributed by atoms with Gasteiger partial charge in [-0.05, 0) is 38.1 Å². The van der Waals surface area contributed by atoms with Gasteiger partial charge < -0.3 is 9.47 Å². The molecule has 1 aliphatic heterocycles. The van der Waals surface area contributed by atoms with Crippen LogP contribution in [0.25, 0.3) is 5.69 Å². The molecule has 0 radical (unpaired) electrons. The van der Waals surface area contributed by atoms with E-state index in [9.17, 15) is 22.8 Å². The van der Waals surface area contributed by atoms with Gasteiger partial charge in [-0.2, -0.15) is 13.2 Å². The van der Waals surface area contributed by atoms with Crippen LogP contribution in [0.4, 0.5) is 13.2 Å². The SMILES string of the molecule is CC(=O)N1CCN(CC(=O)c2cc(C)n(-c3cccc(C(F)(F)F)c3)c2C)CC1. The lowest BCUT2D eigenvalue weighted by Crippen LogP contribution is -2.49. The summed E-state index contributed by atoms with van der Waals surface area (Å²) in [6, 6.07) is 6.82. The molecule has 0 atom stereocenters. The molecule has 1 saturated heterocycles. The zero-order valence-corrected chi connectivity index (χ0v) is 16.7. The number of nitrogens with zero attached hydrogens (tertiary/aromatic N) is 3. The van der Waals surface area contributed by atoms with Crippen LogP contribution in [0.5, 0.6) is 0 Å². The van der Waals surface area contributed by atoms with Crippen LogP contribution in [0.1, 0.15) is 34.2 Å². The molecule has 0 aliphatic carbocycles. The predicted molar refractivity (Wildman–Crippen MR) is 103 cm³/mol. The van der Waals surface area contributed by atoms with E-state index in [2.05, 4.69) is 0 Å². The zero-order chi connectivity index (χ0) is 21.3. The highest BCUT2D eigenvalue weighted by Crippen LogP contribution is 2.31. The average Bonchev–Trinajstić information content (AvgIpc) is 2.96. The Balaban J connectivity index is 1.79. The van der Waals surface area contributed by atoms with Gasteiger partial charge in [-0.25, -0.2) is 0 Å². The summed E-state index contributed by atoms with van der Waals surface area (Å²) in [6.45, 7) is 7.69. The average molecular weight is 407 g/mol. The Labute approximate surface area is 167 Å². The van der Waals surface area contributed by atoms with Crippen molar-refractivity contribution < 1.29 is 22.8 Å². The van der Waals surface area contributed by atoms with Gasteiger partial charge in [0.05, 0.1) is 12.1 Å². The lowest BCUT2D eigenvalue weighted by Gasteiger charge is -2.33. The number of amides is 1. The Morgan fingerprint density at radius 3 is 2.28 bits per heavy atom. The van der Waals surface area contributed by atoms with E-state index in [1.807, 2.05) is 4.90 Å². The lowest BCUT2D eigenvalue weighted by atomic mass is 10.1. The molecule has 0 spiro atoms. The second-order valence-corrected chi connectivity index (χ2v) is 7.37. The van der Waals surface area contributed by atoms with Gasteiger partial charge in [-0.1, -0.05) is 6.07 Å². The van der Waals surface area contributed by atoms with Crippen molar-refractivity contribution in [2.75, 3.05) is 32.7 Å². The Hall–Kier alpha value is -2.61. The van der Waals surface area contributed by atoms with E-state index in [0.717, 1.165) is 12.1 Å². The number of benzene rings is 1. The fraction of sp³-hybridized carbons (Fsp3) is 0.429. The molecule has 1 amide bonds. The van der Waals surface area contributed by atoms with Gasteiger partial charge in [0.2, 0.25) is 5.91 Å². The van der Waals surface area contributed by atoms with Crippen LogP contribution in [0.15, 0.2) is 30.3 Å². The van der Waals surface area contributed by atoms with Crippen molar-refractivity contribution in [2.45, 2.75) is 26.9 Å². The van der Waals surface area contributed by atoms with E-state index in [0.29, 0.717) is 48.8 Å². The first-order valence-corrected chi connectivity index (χ1v) is 9.45. The summed E-state index contributed by atoms with van der Waals surface area (Å²) in [7, 11) is 0. The fourth-order valence-electron chi connectivity index (χ4n) is 3.77. The molecule has 5 nitrogen and oxygen atoms in total. The Morgan fingerprint density at radius 2 is 1.69 bits per heavy atom. The van der Waals surface area contributed by atoms with Gasteiger partial charge in [0.15, 0.2) is 5.78 Å².